The summed E-state index contributed by atoms with van der Waals surface area (Å²) in [5, 5.41) is 12.0. The van der Waals surface area contributed by atoms with Crippen LogP contribution in [-0.2, 0) is 0 Å². The Morgan fingerprint density at radius 3 is 1.98 bits per heavy atom. The van der Waals surface area contributed by atoms with E-state index in [9.17, 15) is 5.26 Å². The van der Waals surface area contributed by atoms with E-state index in [0.29, 0.717) is 11.4 Å². The summed E-state index contributed by atoms with van der Waals surface area (Å²) in [7, 11) is 0. The molecule has 61 heavy (non-hydrogen) atoms. The standard InChI is InChI=1S/C57H42N4/c1-3-4-11-38(2)53-36-54(44-12-7-5-8-13-44)60-57(59-53)50-29-19-40-16-21-46-32-39(17-22-47(50)33-40)18-28-49(46)43-25-23-42(24-26-43)45-27-31-52-51-30-20-41(37-58)34-55(51)61(56(52)35-45)48-14-9-6-10-15-48/h3-17,20-36,39-40H,1-2,18-19H2/b11-4-,21-16?,22-17-. The van der Waals surface area contributed by atoms with Crippen LogP contribution in [0.25, 0.3) is 66.6 Å². The van der Waals surface area contributed by atoms with Crippen LogP contribution in [0.5, 0.6) is 0 Å². The lowest BCUT2D eigenvalue weighted by atomic mass is 9.82. The Labute approximate surface area is 356 Å². The van der Waals surface area contributed by atoms with E-state index in [4.69, 9.17) is 9.97 Å². The summed E-state index contributed by atoms with van der Waals surface area (Å²) < 4.78 is 2.27. The first-order valence-corrected chi connectivity index (χ1v) is 20.8. The average molecular weight is 783 g/mol. The molecular weight excluding hydrogens is 741 g/mol. The molecule has 3 aliphatic rings. The topological polar surface area (TPSA) is 54.5 Å². The number of hydrogen-bond donors (Lipinski definition) is 0. The third-order valence-electron chi connectivity index (χ3n) is 11.9. The first-order chi connectivity index (χ1) is 30.0. The normalized spacial score (nSPS) is 17.6. The summed E-state index contributed by atoms with van der Waals surface area (Å²) in [6.07, 6.45) is 26.1. The second-order valence-electron chi connectivity index (χ2n) is 15.8. The van der Waals surface area contributed by atoms with Gasteiger partial charge in [0.1, 0.15) is 0 Å². The van der Waals surface area contributed by atoms with Crippen molar-refractivity contribution in [2.24, 2.45) is 11.8 Å². The predicted molar refractivity (Wildman–Crippen MR) is 253 cm³/mol. The number of fused-ring (bicyclic) bond motifs is 5. The molecule has 0 spiro atoms. The van der Waals surface area contributed by atoms with Gasteiger partial charge in [-0.05, 0) is 100 Å². The predicted octanol–water partition coefficient (Wildman–Crippen LogP) is 14.0. The zero-order chi connectivity index (χ0) is 41.3. The molecule has 0 N–H and O–H groups in total. The van der Waals surface area contributed by atoms with Crippen LogP contribution in [0.3, 0.4) is 0 Å². The average Bonchev–Trinajstić information content (AvgIpc) is 3.65. The van der Waals surface area contributed by atoms with Gasteiger partial charge in [0.25, 0.3) is 0 Å². The second-order valence-corrected chi connectivity index (χ2v) is 15.8. The van der Waals surface area contributed by atoms with Gasteiger partial charge in [0.2, 0.25) is 0 Å². The number of nitrogens with zero attached hydrogens (tertiary/aromatic N) is 4. The van der Waals surface area contributed by atoms with E-state index >= 15 is 0 Å². The van der Waals surface area contributed by atoms with Gasteiger partial charge in [0.05, 0.1) is 34.1 Å². The number of aromatic nitrogens is 3. The van der Waals surface area contributed by atoms with Crippen molar-refractivity contribution in [3.05, 3.63) is 241 Å². The Kier molecular flexibility index (Phi) is 9.85. The van der Waals surface area contributed by atoms with Crippen LogP contribution in [0.4, 0.5) is 0 Å². The summed E-state index contributed by atoms with van der Waals surface area (Å²) in [4.78, 5) is 10.2. The Morgan fingerprint density at radius 2 is 1.28 bits per heavy atom. The van der Waals surface area contributed by atoms with Gasteiger partial charge in [-0.2, -0.15) is 5.26 Å². The summed E-state index contributed by atoms with van der Waals surface area (Å²) in [6, 6.07) is 46.7. The van der Waals surface area contributed by atoms with E-state index in [0.717, 1.165) is 79.7 Å². The fourth-order valence-corrected chi connectivity index (χ4v) is 8.76. The first-order valence-electron chi connectivity index (χ1n) is 20.8. The maximum atomic E-state index is 9.71. The summed E-state index contributed by atoms with van der Waals surface area (Å²) in [6.45, 7) is 8.13. The van der Waals surface area contributed by atoms with E-state index in [2.05, 4.69) is 157 Å². The van der Waals surface area contributed by atoms with Crippen LogP contribution in [0.2, 0.25) is 0 Å². The smallest absolute Gasteiger partial charge is 0.160 e. The lowest BCUT2D eigenvalue weighted by Crippen LogP contribution is -2.08. The lowest BCUT2D eigenvalue weighted by molar-refractivity contribution is 0.800. The molecule has 0 aliphatic heterocycles. The van der Waals surface area contributed by atoms with E-state index in [-0.39, 0.29) is 11.8 Å². The quantitative estimate of drug-likeness (QED) is 0.144. The molecule has 290 valence electrons. The molecule has 2 heterocycles. The van der Waals surface area contributed by atoms with Gasteiger partial charge in [-0.3, -0.25) is 0 Å². The highest BCUT2D eigenvalue weighted by atomic mass is 15.0. The number of hydrogen-bond acceptors (Lipinski definition) is 3. The molecule has 2 atom stereocenters. The molecule has 0 saturated carbocycles. The molecule has 7 aromatic rings. The monoisotopic (exact) mass is 782 g/mol. The molecule has 0 amide bonds. The van der Waals surface area contributed by atoms with Crippen LogP contribution in [0.15, 0.2) is 219 Å². The van der Waals surface area contributed by atoms with E-state index in [1.165, 1.54) is 22.1 Å². The highest BCUT2D eigenvalue weighted by molar-refractivity contribution is 6.10. The third-order valence-corrected chi connectivity index (χ3v) is 11.9. The number of para-hydroxylation sites is 1. The zero-order valence-electron chi connectivity index (χ0n) is 33.7. The van der Waals surface area contributed by atoms with Crippen LogP contribution in [0.1, 0.15) is 35.5 Å². The number of allylic oxidation sites excluding steroid dienone is 16. The molecule has 2 unspecified atom stereocenters. The molecule has 10 rings (SSSR count). The van der Waals surface area contributed by atoms with Crippen molar-refractivity contribution < 1.29 is 0 Å². The molecule has 4 bridgehead atoms. The van der Waals surface area contributed by atoms with Crippen molar-refractivity contribution in [2.45, 2.75) is 12.8 Å². The molecular formula is C57H42N4. The minimum Gasteiger partial charge on any atom is -0.309 e. The maximum Gasteiger partial charge on any atom is 0.160 e. The Morgan fingerprint density at radius 1 is 0.656 bits per heavy atom. The molecule has 4 nitrogen and oxygen atoms in total. The van der Waals surface area contributed by atoms with E-state index < -0.39 is 0 Å². The minimum absolute atomic E-state index is 0.238. The summed E-state index contributed by atoms with van der Waals surface area (Å²) in [5.41, 5.74) is 15.6. The Hall–Kier alpha value is -7.87. The van der Waals surface area contributed by atoms with Crippen LogP contribution in [-0.4, -0.2) is 14.5 Å². The maximum absolute atomic E-state index is 9.71. The van der Waals surface area contributed by atoms with Gasteiger partial charge in [-0.15, -0.1) is 0 Å². The molecule has 0 radical (unpaired) electrons. The molecule has 0 saturated heterocycles. The highest BCUT2D eigenvalue weighted by Crippen LogP contribution is 2.39. The van der Waals surface area contributed by atoms with Crippen LogP contribution >= 0.6 is 0 Å². The van der Waals surface area contributed by atoms with Crippen molar-refractivity contribution in [3.63, 3.8) is 0 Å². The Bertz CT molecular complexity index is 3160. The molecule has 0 fully saturated rings. The molecule has 5 aromatic carbocycles. The van der Waals surface area contributed by atoms with Gasteiger partial charge in [0, 0.05) is 27.6 Å². The lowest BCUT2D eigenvalue weighted by Gasteiger charge is -2.23. The SMILES string of the molecule is C=C/C=C\C(=C)c1cc(-c2ccccc2)nc(C2=CCC3C=CC4=CC(/C=C\C2=C3)CC=C4c2ccc(-c3ccc4c5ccc(C#N)cc5n(-c5ccccc5)c4c3)cc2)n1. The molecule has 3 aliphatic carbocycles. The van der Waals surface area contributed by atoms with Crippen LogP contribution in [0, 0.1) is 23.2 Å². The minimum atomic E-state index is 0.238. The fourth-order valence-electron chi connectivity index (χ4n) is 8.76. The van der Waals surface area contributed by atoms with Crippen molar-refractivity contribution in [1.29, 1.82) is 5.26 Å². The van der Waals surface area contributed by atoms with Gasteiger partial charge in [-0.1, -0.05) is 171 Å². The van der Waals surface area contributed by atoms with E-state index in [1.807, 2.05) is 54.6 Å². The highest BCUT2D eigenvalue weighted by Gasteiger charge is 2.22. The Balaban J connectivity index is 0.928. The van der Waals surface area contributed by atoms with Gasteiger partial charge < -0.3 is 4.57 Å². The molecule has 2 aromatic heterocycles. The van der Waals surface area contributed by atoms with Gasteiger partial charge in [-0.25, -0.2) is 9.97 Å². The first kappa shape index (κ1) is 37.4. The number of rotatable bonds is 8. The van der Waals surface area contributed by atoms with E-state index in [1.54, 1.807) is 6.08 Å². The molecule has 4 heteroatoms. The van der Waals surface area contributed by atoms with Crippen molar-refractivity contribution in [1.82, 2.24) is 14.5 Å². The van der Waals surface area contributed by atoms with Gasteiger partial charge in [0.15, 0.2) is 5.82 Å². The van der Waals surface area contributed by atoms with Crippen molar-refractivity contribution in [3.8, 4) is 34.1 Å². The van der Waals surface area contributed by atoms with Gasteiger partial charge >= 0.3 is 0 Å². The van der Waals surface area contributed by atoms with Crippen LogP contribution < -0.4 is 0 Å². The number of nitriles is 1. The van der Waals surface area contributed by atoms with Crippen molar-refractivity contribution in [2.75, 3.05) is 0 Å². The van der Waals surface area contributed by atoms with Crippen molar-refractivity contribution >= 4 is 38.5 Å². The largest absolute Gasteiger partial charge is 0.309 e. The second kappa shape index (κ2) is 16.1. The third kappa shape index (κ3) is 7.28. The summed E-state index contributed by atoms with van der Waals surface area (Å²) >= 11 is 0. The summed E-state index contributed by atoms with van der Waals surface area (Å²) in [5.74, 6) is 1.20. The zero-order valence-corrected chi connectivity index (χ0v) is 33.7. The number of benzene rings is 5. The fraction of sp³-hybridized carbons (Fsp3) is 0.0702.